The molecule has 0 aliphatic carbocycles. The summed E-state index contributed by atoms with van der Waals surface area (Å²) in [6, 6.07) is 0. The zero-order valence-electron chi connectivity index (χ0n) is 16.3. The van der Waals surface area contributed by atoms with Gasteiger partial charge in [0.05, 0.1) is 19.3 Å². The largest absolute Gasteiger partial charge is 0.481 e. The van der Waals surface area contributed by atoms with Gasteiger partial charge in [-0.2, -0.15) is 0 Å². The van der Waals surface area contributed by atoms with Crippen molar-refractivity contribution in [2.75, 3.05) is 19.8 Å². The molecule has 0 aromatic rings. The highest BCUT2D eigenvalue weighted by molar-refractivity contribution is 5.66. The molecule has 2 aliphatic heterocycles. The summed E-state index contributed by atoms with van der Waals surface area (Å²) in [6.45, 7) is -0.936. The molecule has 0 bridgehead atoms. The second-order valence-electron chi connectivity index (χ2n) is 7.08. The predicted octanol–water partition coefficient (Wildman–Crippen LogP) is -3.19. The average molecular weight is 453 g/mol. The van der Waals surface area contributed by atoms with Crippen LogP contribution in [0.15, 0.2) is 5.11 Å². The molecule has 0 radical (unpaired) electrons. The van der Waals surface area contributed by atoms with E-state index in [1.807, 2.05) is 0 Å². The number of azide groups is 1. The molecule has 2 rings (SSSR count). The number of rotatable bonds is 10. The molecular weight excluding hydrogens is 426 g/mol. The minimum Gasteiger partial charge on any atom is -0.481 e. The van der Waals surface area contributed by atoms with E-state index in [0.717, 1.165) is 0 Å². The van der Waals surface area contributed by atoms with Gasteiger partial charge in [0.15, 0.2) is 12.6 Å². The van der Waals surface area contributed by atoms with Gasteiger partial charge in [0.25, 0.3) is 0 Å². The maximum Gasteiger partial charge on any atom is 0.303 e. The van der Waals surface area contributed by atoms with Crippen molar-refractivity contribution in [2.45, 2.75) is 74.3 Å². The molecule has 2 aliphatic rings. The van der Waals surface area contributed by atoms with Crippen molar-refractivity contribution in [3.8, 4) is 0 Å². The fourth-order valence-corrected chi connectivity index (χ4v) is 3.28. The Balaban J connectivity index is 2.14. The summed E-state index contributed by atoms with van der Waals surface area (Å²) in [5, 5.41) is 72.3. The van der Waals surface area contributed by atoms with Crippen molar-refractivity contribution in [3.05, 3.63) is 10.4 Å². The number of carbonyl (C=O) groups is 1. The molecule has 0 spiro atoms. The van der Waals surface area contributed by atoms with Crippen LogP contribution in [0, 0.1) is 0 Å². The first kappa shape index (κ1) is 25.6. The maximum absolute atomic E-state index is 10.8. The standard InChI is InChI=1S/C16H27N3O12/c17-19-18-3-4-28-16-14(12(26)10(24)7(5-20)30-16)31-15-13(27)11(25)9(23)6(29-15)1-2-8(21)22/h6-7,9-16,20,23-27H,1-5H2,(H,21,22)/t6?,7?,9-,10-,11+,12+,13?,14?,15-,16+/m1/s1. The molecular formula is C16H27N3O12. The van der Waals surface area contributed by atoms with Crippen LogP contribution in [0.4, 0.5) is 0 Å². The van der Waals surface area contributed by atoms with Gasteiger partial charge < -0.3 is 54.7 Å². The Labute approximate surface area is 176 Å². The van der Waals surface area contributed by atoms with Crippen molar-refractivity contribution in [2.24, 2.45) is 5.11 Å². The number of carboxylic acids is 1. The van der Waals surface area contributed by atoms with Gasteiger partial charge in [-0.1, -0.05) is 5.11 Å². The maximum atomic E-state index is 10.8. The first-order chi connectivity index (χ1) is 14.7. The smallest absolute Gasteiger partial charge is 0.303 e. The Bertz CT molecular complexity index is 635. The van der Waals surface area contributed by atoms with Crippen molar-refractivity contribution < 1.29 is 59.5 Å². The Kier molecular flexibility index (Phi) is 9.80. The predicted molar refractivity (Wildman–Crippen MR) is 96.1 cm³/mol. The fraction of sp³-hybridized carbons (Fsp3) is 0.938. The second-order valence-corrected chi connectivity index (χ2v) is 7.08. The zero-order chi connectivity index (χ0) is 23.1. The van der Waals surface area contributed by atoms with Crippen LogP contribution >= 0.6 is 0 Å². The third-order valence-corrected chi connectivity index (χ3v) is 4.96. The molecule has 15 heteroatoms. The number of carboxylic acid groups (broad SMARTS) is 1. The quantitative estimate of drug-likeness (QED) is 0.0748. The number of hydrogen-bond acceptors (Lipinski definition) is 12. The molecule has 178 valence electrons. The first-order valence-electron chi connectivity index (χ1n) is 9.53. The number of aliphatic hydroxyl groups is 6. The first-order valence-corrected chi connectivity index (χ1v) is 9.53. The van der Waals surface area contributed by atoms with Crippen LogP contribution in [-0.2, 0) is 23.7 Å². The minimum atomic E-state index is -1.79. The summed E-state index contributed by atoms with van der Waals surface area (Å²) in [5.41, 5.74) is 8.32. The molecule has 7 N–H and O–H groups in total. The molecule has 0 saturated carbocycles. The molecule has 0 aromatic carbocycles. The zero-order valence-corrected chi connectivity index (χ0v) is 16.3. The van der Waals surface area contributed by atoms with Crippen molar-refractivity contribution in [1.29, 1.82) is 0 Å². The number of aliphatic hydroxyl groups excluding tert-OH is 6. The number of hydrogen-bond donors (Lipinski definition) is 7. The van der Waals surface area contributed by atoms with E-state index in [9.17, 15) is 35.4 Å². The molecule has 31 heavy (non-hydrogen) atoms. The minimum absolute atomic E-state index is 0.101. The topological polar surface area (TPSA) is 244 Å². The van der Waals surface area contributed by atoms with Gasteiger partial charge in [0.1, 0.15) is 42.7 Å². The molecule has 0 aromatic heterocycles. The summed E-state index contributed by atoms with van der Waals surface area (Å²) in [4.78, 5) is 13.3. The van der Waals surface area contributed by atoms with Gasteiger partial charge in [0.2, 0.25) is 0 Å². The molecule has 10 atom stereocenters. The summed E-state index contributed by atoms with van der Waals surface area (Å²) >= 11 is 0. The lowest BCUT2D eigenvalue weighted by molar-refractivity contribution is -0.366. The van der Waals surface area contributed by atoms with Crippen molar-refractivity contribution >= 4 is 5.97 Å². The third-order valence-electron chi connectivity index (χ3n) is 4.96. The molecule has 2 fully saturated rings. The van der Waals surface area contributed by atoms with E-state index in [4.69, 9.17) is 29.6 Å². The van der Waals surface area contributed by atoms with Crippen LogP contribution in [-0.4, -0.2) is 123 Å². The summed E-state index contributed by atoms with van der Waals surface area (Å²) in [6.07, 6.45) is -16.0. The Hall–Kier alpha value is -1.62. The lowest BCUT2D eigenvalue weighted by Crippen LogP contribution is -2.64. The molecule has 0 amide bonds. The van der Waals surface area contributed by atoms with E-state index in [0.29, 0.717) is 0 Å². The molecule has 15 nitrogen and oxygen atoms in total. The summed E-state index contributed by atoms with van der Waals surface area (Å²) in [5.74, 6) is -1.17. The summed E-state index contributed by atoms with van der Waals surface area (Å²) in [7, 11) is 0. The van der Waals surface area contributed by atoms with Crippen LogP contribution < -0.4 is 0 Å². The molecule has 2 saturated heterocycles. The van der Waals surface area contributed by atoms with E-state index in [1.54, 1.807) is 0 Å². The Morgan fingerprint density at radius 3 is 2.23 bits per heavy atom. The Morgan fingerprint density at radius 2 is 1.61 bits per heavy atom. The highest BCUT2D eigenvalue weighted by Gasteiger charge is 2.50. The van der Waals surface area contributed by atoms with E-state index in [1.165, 1.54) is 0 Å². The van der Waals surface area contributed by atoms with E-state index in [-0.39, 0.29) is 19.6 Å². The van der Waals surface area contributed by atoms with Gasteiger partial charge in [-0.3, -0.25) is 4.79 Å². The normalized spacial score (nSPS) is 40.8. The molecule has 2 heterocycles. The second kappa shape index (κ2) is 11.8. The monoisotopic (exact) mass is 453 g/mol. The average Bonchev–Trinajstić information content (AvgIpc) is 2.74. The third kappa shape index (κ3) is 6.44. The van der Waals surface area contributed by atoms with Crippen LogP contribution in [0.1, 0.15) is 12.8 Å². The Morgan fingerprint density at radius 1 is 0.968 bits per heavy atom. The van der Waals surface area contributed by atoms with Crippen molar-refractivity contribution in [1.82, 2.24) is 0 Å². The fourth-order valence-electron chi connectivity index (χ4n) is 3.28. The lowest BCUT2D eigenvalue weighted by atomic mass is 9.95. The van der Waals surface area contributed by atoms with Crippen molar-refractivity contribution in [3.63, 3.8) is 0 Å². The van der Waals surface area contributed by atoms with E-state index >= 15 is 0 Å². The summed E-state index contributed by atoms with van der Waals surface area (Å²) < 4.78 is 21.6. The van der Waals surface area contributed by atoms with Crippen LogP contribution in [0.3, 0.4) is 0 Å². The van der Waals surface area contributed by atoms with Crippen LogP contribution in [0.2, 0.25) is 0 Å². The van der Waals surface area contributed by atoms with Gasteiger partial charge in [-0.25, -0.2) is 0 Å². The van der Waals surface area contributed by atoms with E-state index < -0.39 is 80.4 Å². The van der Waals surface area contributed by atoms with E-state index in [2.05, 4.69) is 10.0 Å². The lowest BCUT2D eigenvalue weighted by Gasteiger charge is -2.46. The highest BCUT2D eigenvalue weighted by Crippen LogP contribution is 2.30. The van der Waals surface area contributed by atoms with Crippen LogP contribution in [0.25, 0.3) is 10.4 Å². The van der Waals surface area contributed by atoms with Gasteiger partial charge >= 0.3 is 5.97 Å². The number of aliphatic carboxylic acids is 1. The SMILES string of the molecule is [N-]=[N+]=NCCO[C@H]1OC(CO)[C@@H](O)[C@H](O)C1O[C@H]1OC(CCC(=O)O)[C@@H](O)[C@H](O)C1O. The molecule has 4 unspecified atom stereocenters. The van der Waals surface area contributed by atoms with Gasteiger partial charge in [-0.15, -0.1) is 0 Å². The highest BCUT2D eigenvalue weighted by atomic mass is 16.8. The number of nitrogens with zero attached hydrogens (tertiary/aromatic N) is 3. The number of ether oxygens (including phenoxy) is 4. The van der Waals surface area contributed by atoms with Gasteiger partial charge in [-0.05, 0) is 12.0 Å². The van der Waals surface area contributed by atoms with Gasteiger partial charge in [0, 0.05) is 17.9 Å². The van der Waals surface area contributed by atoms with Crippen LogP contribution in [0.5, 0.6) is 0 Å².